The van der Waals surface area contributed by atoms with E-state index in [1.807, 2.05) is 13.8 Å². The molecular formula is C27H34BO9P. The molecule has 2 radical (unpaired) electrons. The molecule has 1 heterocycles. The molecule has 204 valence electrons. The summed E-state index contributed by atoms with van der Waals surface area (Å²) < 4.78 is 47.3. The summed E-state index contributed by atoms with van der Waals surface area (Å²) in [6, 6.07) is 16.8. The fraction of sp³-hybridized carbons (Fsp3) is 0.481. The lowest BCUT2D eigenvalue weighted by molar-refractivity contribution is -0.117. The molecule has 2 aromatic rings. The molecule has 11 heteroatoms. The van der Waals surface area contributed by atoms with E-state index in [0.717, 1.165) is 12.8 Å². The van der Waals surface area contributed by atoms with E-state index < -0.39 is 44.1 Å². The molecule has 5 unspecified atom stereocenters. The average Bonchev–Trinajstić information content (AvgIpc) is 3.26. The van der Waals surface area contributed by atoms with Crippen LogP contribution in [0.2, 0.25) is 0 Å². The number of unbranched alkanes of at least 4 members (excludes halogenated alkanes) is 2. The molecule has 0 spiro atoms. The Balaban J connectivity index is 1.80. The number of hydrogen-bond acceptors (Lipinski definition) is 9. The van der Waals surface area contributed by atoms with Crippen molar-refractivity contribution in [3.63, 3.8) is 0 Å². The highest BCUT2D eigenvalue weighted by molar-refractivity contribution is 7.53. The van der Waals surface area contributed by atoms with Gasteiger partial charge in [-0.1, -0.05) is 63.1 Å². The van der Waals surface area contributed by atoms with Gasteiger partial charge in [-0.15, -0.1) is 0 Å². The predicted molar refractivity (Wildman–Crippen MR) is 141 cm³/mol. The molecule has 0 aromatic heterocycles. The molecule has 1 fully saturated rings. The number of ether oxygens (including phenoxy) is 3. The molecule has 9 nitrogen and oxygen atoms in total. The molecule has 0 amide bonds. The van der Waals surface area contributed by atoms with Crippen LogP contribution in [-0.4, -0.2) is 64.0 Å². The lowest BCUT2D eigenvalue weighted by Gasteiger charge is -2.26. The van der Waals surface area contributed by atoms with Crippen molar-refractivity contribution in [2.24, 2.45) is 0 Å². The highest BCUT2D eigenvalue weighted by Gasteiger charge is 2.51. The molecular weight excluding hydrogens is 510 g/mol. The summed E-state index contributed by atoms with van der Waals surface area (Å²) in [5.41, 5.74) is 0.639. The molecule has 0 N–H and O–H groups in total. The molecule has 0 aliphatic carbocycles. The van der Waals surface area contributed by atoms with Gasteiger partial charge in [0.25, 0.3) is 8.05 Å². The van der Waals surface area contributed by atoms with Crippen molar-refractivity contribution < 1.29 is 42.1 Å². The van der Waals surface area contributed by atoms with E-state index >= 15 is 0 Å². The Bertz CT molecular complexity index is 1050. The summed E-state index contributed by atoms with van der Waals surface area (Å²) in [5, 5.41) is 0. The fourth-order valence-corrected chi connectivity index (χ4v) is 5.68. The molecule has 1 aliphatic rings. The molecule has 2 aromatic carbocycles. The zero-order chi connectivity index (χ0) is 27.4. The van der Waals surface area contributed by atoms with Crippen LogP contribution in [0.15, 0.2) is 60.7 Å². The first-order chi connectivity index (χ1) is 18.4. The third-order valence-corrected chi connectivity index (χ3v) is 7.87. The minimum atomic E-state index is -3.61. The zero-order valence-corrected chi connectivity index (χ0v) is 22.6. The Labute approximate surface area is 225 Å². The summed E-state index contributed by atoms with van der Waals surface area (Å²) in [5.74, 6) is -1.25. The van der Waals surface area contributed by atoms with Crippen LogP contribution in [0.3, 0.4) is 0 Å². The van der Waals surface area contributed by atoms with Crippen molar-refractivity contribution in [2.45, 2.75) is 64.1 Å². The van der Waals surface area contributed by atoms with E-state index in [9.17, 15) is 14.2 Å². The maximum Gasteiger partial charge on any atom is 0.338 e. The van der Waals surface area contributed by atoms with Gasteiger partial charge in [-0.3, -0.25) is 9.09 Å². The second-order valence-corrected chi connectivity index (χ2v) is 11.0. The first kappa shape index (κ1) is 30.1. The van der Waals surface area contributed by atoms with Gasteiger partial charge in [-0.2, -0.15) is 0 Å². The minimum Gasteiger partial charge on any atom is -0.459 e. The maximum absolute atomic E-state index is 13.6. The Morgan fingerprint density at radius 1 is 0.895 bits per heavy atom. The van der Waals surface area contributed by atoms with Crippen LogP contribution in [0.25, 0.3) is 0 Å². The summed E-state index contributed by atoms with van der Waals surface area (Å²) in [7, 11) is 1.98. The van der Waals surface area contributed by atoms with Crippen molar-refractivity contribution in [1.82, 2.24) is 0 Å². The monoisotopic (exact) mass is 544 g/mol. The minimum absolute atomic E-state index is 0.173. The summed E-state index contributed by atoms with van der Waals surface area (Å²) in [6.45, 7) is 3.91. The molecule has 0 saturated carbocycles. The Kier molecular flexibility index (Phi) is 12.0. The van der Waals surface area contributed by atoms with Crippen LogP contribution in [-0.2, 0) is 32.5 Å². The lowest BCUT2D eigenvalue weighted by atomic mass is 10.1. The quantitative estimate of drug-likeness (QED) is 0.131. The van der Waals surface area contributed by atoms with Gasteiger partial charge in [-0.05, 0) is 37.1 Å². The van der Waals surface area contributed by atoms with Crippen LogP contribution in [0.4, 0.5) is 0 Å². The van der Waals surface area contributed by atoms with Gasteiger partial charge in [0, 0.05) is 0 Å². The van der Waals surface area contributed by atoms with Gasteiger partial charge in [0.2, 0.25) is 0 Å². The number of rotatable bonds is 15. The van der Waals surface area contributed by atoms with Crippen LogP contribution < -0.4 is 0 Å². The SMILES string of the molecule is [B]OC1C(OP(=O)(CCCC)OCCCC)OC(COC(=O)c2ccccc2)C1OC(=O)c1ccccc1. The molecule has 1 aliphatic heterocycles. The predicted octanol–water partition coefficient (Wildman–Crippen LogP) is 5.09. The summed E-state index contributed by atoms with van der Waals surface area (Å²) >= 11 is 0. The van der Waals surface area contributed by atoms with E-state index in [4.69, 9.17) is 36.0 Å². The van der Waals surface area contributed by atoms with Crippen LogP contribution in [0.1, 0.15) is 60.2 Å². The number of carbonyl (C=O) groups is 2. The van der Waals surface area contributed by atoms with Crippen molar-refractivity contribution in [2.75, 3.05) is 19.4 Å². The Morgan fingerprint density at radius 2 is 1.50 bits per heavy atom. The molecule has 5 atom stereocenters. The first-order valence-corrected chi connectivity index (χ1v) is 14.5. The molecule has 0 bridgehead atoms. The van der Waals surface area contributed by atoms with Gasteiger partial charge in [0.15, 0.2) is 12.4 Å². The van der Waals surface area contributed by atoms with Gasteiger partial charge in [0.05, 0.1) is 23.9 Å². The van der Waals surface area contributed by atoms with Crippen LogP contribution in [0.5, 0.6) is 0 Å². The van der Waals surface area contributed by atoms with Crippen molar-refractivity contribution in [3.05, 3.63) is 71.8 Å². The Hall–Kier alpha value is -2.49. The molecule has 1 saturated heterocycles. The highest BCUT2D eigenvalue weighted by Crippen LogP contribution is 2.52. The standard InChI is InChI=1S/C27H34BO9P/c1-3-5-17-33-38(31,18-6-4-2)37-27-24(36-28)23(35-26(30)21-15-11-8-12-16-21)22(34-27)19-32-25(29)20-13-9-7-10-14-20/h7-16,22-24,27H,3-6,17-19H2,1-2H3. The third-order valence-electron chi connectivity index (χ3n) is 5.90. The van der Waals surface area contributed by atoms with Gasteiger partial charge in [-0.25, -0.2) is 9.59 Å². The average molecular weight is 544 g/mol. The van der Waals surface area contributed by atoms with Crippen molar-refractivity contribution in [3.8, 4) is 0 Å². The zero-order valence-electron chi connectivity index (χ0n) is 21.7. The van der Waals surface area contributed by atoms with Gasteiger partial charge < -0.3 is 23.4 Å². The van der Waals surface area contributed by atoms with Crippen molar-refractivity contribution >= 4 is 27.6 Å². The largest absolute Gasteiger partial charge is 0.459 e. The van der Waals surface area contributed by atoms with Gasteiger partial charge in [0.1, 0.15) is 18.8 Å². The second kappa shape index (κ2) is 15.2. The second-order valence-electron chi connectivity index (χ2n) is 8.82. The van der Waals surface area contributed by atoms with E-state index in [1.165, 1.54) is 0 Å². The number of esters is 2. The maximum atomic E-state index is 13.6. The first-order valence-electron chi connectivity index (χ1n) is 12.8. The van der Waals surface area contributed by atoms with E-state index in [-0.39, 0.29) is 19.4 Å². The fourth-order valence-electron chi connectivity index (χ4n) is 3.78. The molecule has 3 rings (SSSR count). The van der Waals surface area contributed by atoms with E-state index in [0.29, 0.717) is 24.0 Å². The van der Waals surface area contributed by atoms with E-state index in [2.05, 4.69) is 0 Å². The smallest absolute Gasteiger partial charge is 0.338 e. The summed E-state index contributed by atoms with van der Waals surface area (Å²) in [6.07, 6.45) is -1.47. The summed E-state index contributed by atoms with van der Waals surface area (Å²) in [4.78, 5) is 25.4. The topological polar surface area (TPSA) is 107 Å². The van der Waals surface area contributed by atoms with Gasteiger partial charge >= 0.3 is 19.5 Å². The number of benzene rings is 2. The van der Waals surface area contributed by atoms with Crippen molar-refractivity contribution in [1.29, 1.82) is 0 Å². The highest BCUT2D eigenvalue weighted by atomic mass is 31.2. The number of carbonyl (C=O) groups excluding carboxylic acids is 2. The van der Waals surface area contributed by atoms with E-state index in [1.54, 1.807) is 60.7 Å². The molecule has 38 heavy (non-hydrogen) atoms. The number of hydrogen-bond donors (Lipinski definition) is 0. The van der Waals surface area contributed by atoms with Crippen LogP contribution >= 0.6 is 7.60 Å². The lowest BCUT2D eigenvalue weighted by Crippen LogP contribution is -2.41. The van der Waals surface area contributed by atoms with Crippen LogP contribution in [0, 0.1) is 0 Å². The normalized spacial score (nSPS) is 22.5. The third kappa shape index (κ3) is 8.51. The Morgan fingerprint density at radius 3 is 2.08 bits per heavy atom.